The Morgan fingerprint density at radius 2 is 2.10 bits per heavy atom. The highest BCUT2D eigenvalue weighted by Crippen LogP contribution is 2.33. The summed E-state index contributed by atoms with van der Waals surface area (Å²) in [5.74, 6) is -0.264. The van der Waals surface area contributed by atoms with Gasteiger partial charge in [-0.2, -0.15) is 5.10 Å². The average molecular weight is 275 g/mol. The first kappa shape index (κ1) is 12.8. The summed E-state index contributed by atoms with van der Waals surface area (Å²) in [7, 11) is 1.80. The minimum Gasteiger partial charge on any atom is -0.480 e. The van der Waals surface area contributed by atoms with Crippen LogP contribution in [0.1, 0.15) is 32.1 Å². The number of aryl methyl sites for hydroxylation is 1. The first-order valence-electron chi connectivity index (χ1n) is 6.77. The summed E-state index contributed by atoms with van der Waals surface area (Å²) in [6.45, 7) is 0. The number of carboxylic acids is 1. The molecule has 0 bridgehead atoms. The van der Waals surface area contributed by atoms with Crippen molar-refractivity contribution in [3.05, 3.63) is 12.5 Å². The largest absolute Gasteiger partial charge is 0.480 e. The van der Waals surface area contributed by atoms with Crippen LogP contribution >= 0.6 is 0 Å². The van der Waals surface area contributed by atoms with Crippen LogP contribution in [0.2, 0.25) is 0 Å². The first-order chi connectivity index (χ1) is 9.62. The molecule has 2 N–H and O–H groups in total. The lowest BCUT2D eigenvalue weighted by Gasteiger charge is -2.34. The van der Waals surface area contributed by atoms with Gasteiger partial charge in [-0.25, -0.2) is 14.8 Å². The van der Waals surface area contributed by atoms with Gasteiger partial charge in [-0.15, -0.1) is 0 Å². The van der Waals surface area contributed by atoms with Crippen LogP contribution in [0.5, 0.6) is 0 Å². The number of hydrogen-bond donors (Lipinski definition) is 2. The van der Waals surface area contributed by atoms with Crippen LogP contribution in [0, 0.1) is 0 Å². The fourth-order valence-electron chi connectivity index (χ4n) is 2.84. The summed E-state index contributed by atoms with van der Waals surface area (Å²) >= 11 is 0. The van der Waals surface area contributed by atoms with Crippen molar-refractivity contribution in [2.24, 2.45) is 7.05 Å². The zero-order chi connectivity index (χ0) is 14.2. The molecule has 0 spiro atoms. The minimum absolute atomic E-state index is 0.549. The number of carboxylic acid groups (broad SMARTS) is 1. The van der Waals surface area contributed by atoms with Gasteiger partial charge < -0.3 is 10.4 Å². The topological polar surface area (TPSA) is 92.9 Å². The number of nitrogens with one attached hydrogen (secondary N) is 1. The van der Waals surface area contributed by atoms with E-state index in [1.54, 1.807) is 17.9 Å². The standard InChI is InChI=1S/C13H17N5O2/c1-18-11-9(7-16-18)10(14-8-15-11)17-13(12(19)20)5-3-2-4-6-13/h7-8H,2-6H2,1H3,(H,19,20)(H,14,15,17). The molecular weight excluding hydrogens is 258 g/mol. The van der Waals surface area contributed by atoms with Crippen LogP contribution < -0.4 is 5.32 Å². The summed E-state index contributed by atoms with van der Waals surface area (Å²) < 4.78 is 1.65. The third kappa shape index (κ3) is 1.99. The summed E-state index contributed by atoms with van der Waals surface area (Å²) in [5.41, 5.74) is -0.228. The lowest BCUT2D eigenvalue weighted by atomic mass is 9.81. The van der Waals surface area contributed by atoms with E-state index in [0.717, 1.165) is 24.6 Å². The Hall–Kier alpha value is -2.18. The average Bonchev–Trinajstić information content (AvgIpc) is 2.83. The van der Waals surface area contributed by atoms with Crippen LogP contribution in [0.15, 0.2) is 12.5 Å². The molecule has 1 fully saturated rings. The normalized spacial score (nSPS) is 18.1. The maximum atomic E-state index is 11.7. The molecule has 7 heteroatoms. The number of fused-ring (bicyclic) bond motifs is 1. The molecule has 0 amide bonds. The molecule has 2 aromatic rings. The van der Waals surface area contributed by atoms with Gasteiger partial charge in [0.25, 0.3) is 0 Å². The molecule has 0 unspecified atom stereocenters. The molecule has 1 aliphatic rings. The highest BCUT2D eigenvalue weighted by atomic mass is 16.4. The van der Waals surface area contributed by atoms with E-state index in [4.69, 9.17) is 0 Å². The van der Waals surface area contributed by atoms with Crippen molar-refractivity contribution in [2.45, 2.75) is 37.6 Å². The Morgan fingerprint density at radius 3 is 2.80 bits per heavy atom. The number of aromatic nitrogens is 4. The molecule has 0 aromatic carbocycles. The maximum absolute atomic E-state index is 11.7. The monoisotopic (exact) mass is 275 g/mol. The smallest absolute Gasteiger partial charge is 0.329 e. The van der Waals surface area contributed by atoms with Crippen molar-refractivity contribution in [3.63, 3.8) is 0 Å². The van der Waals surface area contributed by atoms with E-state index >= 15 is 0 Å². The van der Waals surface area contributed by atoms with Gasteiger partial charge in [-0.05, 0) is 12.8 Å². The third-order valence-corrected chi connectivity index (χ3v) is 4.00. The van der Waals surface area contributed by atoms with E-state index in [0.29, 0.717) is 24.3 Å². The summed E-state index contributed by atoms with van der Waals surface area (Å²) in [6.07, 6.45) is 7.26. The number of carbonyl (C=O) groups is 1. The SMILES string of the molecule is Cn1ncc2c(NC3(C(=O)O)CCCCC3)ncnc21. The molecule has 1 aliphatic carbocycles. The molecule has 2 heterocycles. The number of rotatable bonds is 3. The molecule has 20 heavy (non-hydrogen) atoms. The molecule has 2 aromatic heterocycles. The van der Waals surface area contributed by atoms with E-state index in [-0.39, 0.29) is 0 Å². The van der Waals surface area contributed by atoms with Crippen molar-refractivity contribution in [2.75, 3.05) is 5.32 Å². The van der Waals surface area contributed by atoms with Gasteiger partial charge in [-0.1, -0.05) is 19.3 Å². The molecule has 7 nitrogen and oxygen atoms in total. The summed E-state index contributed by atoms with van der Waals surface area (Å²) in [5, 5.41) is 17.6. The predicted octanol–water partition coefficient (Wildman–Crippen LogP) is 1.56. The lowest BCUT2D eigenvalue weighted by molar-refractivity contribution is -0.143. The lowest BCUT2D eigenvalue weighted by Crippen LogP contribution is -2.48. The Labute approximate surface area is 116 Å². The van der Waals surface area contributed by atoms with Gasteiger partial charge in [-0.3, -0.25) is 4.68 Å². The van der Waals surface area contributed by atoms with Gasteiger partial charge in [0, 0.05) is 7.05 Å². The molecule has 1 saturated carbocycles. The molecule has 3 rings (SSSR count). The molecule has 0 radical (unpaired) electrons. The second kappa shape index (κ2) is 4.73. The second-order valence-corrected chi connectivity index (χ2v) is 5.30. The van der Waals surface area contributed by atoms with Crippen LogP contribution in [0.4, 0.5) is 5.82 Å². The number of anilines is 1. The van der Waals surface area contributed by atoms with Crippen molar-refractivity contribution >= 4 is 22.8 Å². The molecule has 0 aliphatic heterocycles. The van der Waals surface area contributed by atoms with Crippen molar-refractivity contribution in [1.82, 2.24) is 19.7 Å². The zero-order valence-electron chi connectivity index (χ0n) is 11.3. The molecule has 106 valence electrons. The highest BCUT2D eigenvalue weighted by molar-refractivity contribution is 5.90. The predicted molar refractivity (Wildman–Crippen MR) is 73.4 cm³/mol. The van der Waals surface area contributed by atoms with Gasteiger partial charge in [0.05, 0.1) is 11.6 Å². The Bertz CT molecular complexity index is 645. The number of nitrogens with zero attached hydrogens (tertiary/aromatic N) is 4. The molecule has 0 atom stereocenters. The fourth-order valence-corrected chi connectivity index (χ4v) is 2.84. The number of aliphatic carboxylic acids is 1. The molecular formula is C13H17N5O2. The Kier molecular flexibility index (Phi) is 3.04. The zero-order valence-corrected chi connectivity index (χ0v) is 11.3. The van der Waals surface area contributed by atoms with Crippen molar-refractivity contribution in [1.29, 1.82) is 0 Å². The van der Waals surface area contributed by atoms with E-state index in [1.165, 1.54) is 6.33 Å². The van der Waals surface area contributed by atoms with Gasteiger partial charge >= 0.3 is 5.97 Å². The van der Waals surface area contributed by atoms with Crippen LogP contribution in [0.25, 0.3) is 11.0 Å². The first-order valence-corrected chi connectivity index (χ1v) is 6.77. The van der Waals surface area contributed by atoms with E-state index in [9.17, 15) is 9.90 Å². The fraction of sp³-hybridized carbons (Fsp3) is 0.538. The summed E-state index contributed by atoms with van der Waals surface area (Å²) in [4.78, 5) is 20.1. The summed E-state index contributed by atoms with van der Waals surface area (Å²) in [6, 6.07) is 0. The van der Waals surface area contributed by atoms with Crippen molar-refractivity contribution < 1.29 is 9.90 Å². The second-order valence-electron chi connectivity index (χ2n) is 5.30. The Balaban J connectivity index is 2.00. The molecule has 0 saturated heterocycles. The maximum Gasteiger partial charge on any atom is 0.329 e. The third-order valence-electron chi connectivity index (χ3n) is 4.00. The van der Waals surface area contributed by atoms with E-state index < -0.39 is 11.5 Å². The van der Waals surface area contributed by atoms with E-state index in [2.05, 4.69) is 20.4 Å². The number of hydrogen-bond acceptors (Lipinski definition) is 5. The van der Waals surface area contributed by atoms with Crippen LogP contribution in [-0.2, 0) is 11.8 Å². The highest BCUT2D eigenvalue weighted by Gasteiger charge is 2.40. The Morgan fingerprint density at radius 1 is 1.35 bits per heavy atom. The quantitative estimate of drug-likeness (QED) is 0.883. The van der Waals surface area contributed by atoms with Gasteiger partial charge in [0.2, 0.25) is 0 Å². The van der Waals surface area contributed by atoms with Crippen LogP contribution in [0.3, 0.4) is 0 Å². The van der Waals surface area contributed by atoms with Crippen LogP contribution in [-0.4, -0.2) is 36.4 Å². The minimum atomic E-state index is -0.921. The van der Waals surface area contributed by atoms with E-state index in [1.807, 2.05) is 0 Å². The van der Waals surface area contributed by atoms with Gasteiger partial charge in [0.1, 0.15) is 17.7 Å². The van der Waals surface area contributed by atoms with Gasteiger partial charge in [0.15, 0.2) is 5.65 Å². The van der Waals surface area contributed by atoms with Crippen molar-refractivity contribution in [3.8, 4) is 0 Å².